The Morgan fingerprint density at radius 3 is 2.77 bits per heavy atom. The Hall–Kier alpha value is -0.830. The predicted octanol–water partition coefficient (Wildman–Crippen LogP) is 1.83. The Bertz CT molecular complexity index is 218. The molecule has 0 aliphatic heterocycles. The minimum absolute atomic E-state index is 0.434. The van der Waals surface area contributed by atoms with E-state index in [2.05, 4.69) is 31.2 Å². The molecule has 0 amide bonds. The van der Waals surface area contributed by atoms with E-state index in [9.17, 15) is 0 Å². The van der Waals surface area contributed by atoms with Crippen molar-refractivity contribution in [2.24, 2.45) is 0 Å². The van der Waals surface area contributed by atoms with Crippen LogP contribution in [0.5, 0.6) is 0 Å². The van der Waals surface area contributed by atoms with E-state index < -0.39 is 0 Å². The predicted molar refractivity (Wildman–Crippen MR) is 54.7 cm³/mol. The molecule has 0 radical (unpaired) electrons. The van der Waals surface area contributed by atoms with Crippen molar-refractivity contribution in [3.05, 3.63) is 18.5 Å². The van der Waals surface area contributed by atoms with Crippen LogP contribution in [-0.4, -0.2) is 22.4 Å². The Labute approximate surface area is 80.1 Å². The van der Waals surface area contributed by atoms with Gasteiger partial charge in [0.05, 0.1) is 6.04 Å². The molecule has 0 saturated heterocycles. The second-order valence-corrected chi connectivity index (χ2v) is 3.55. The number of nitrogens with one attached hydrogen (secondary N) is 1. The van der Waals surface area contributed by atoms with Crippen molar-refractivity contribution in [3.8, 4) is 0 Å². The highest BCUT2D eigenvalue weighted by Crippen LogP contribution is 2.01. The molecule has 0 fully saturated rings. The molecule has 0 aromatic carbocycles. The molecule has 0 saturated carbocycles. The molecule has 0 aliphatic carbocycles. The van der Waals surface area contributed by atoms with Crippen LogP contribution in [0.25, 0.3) is 0 Å². The lowest BCUT2D eigenvalue weighted by Crippen LogP contribution is -2.31. The van der Waals surface area contributed by atoms with Crippen molar-refractivity contribution in [2.45, 2.75) is 39.3 Å². The zero-order valence-electron chi connectivity index (χ0n) is 8.70. The molecule has 13 heavy (non-hydrogen) atoms. The Morgan fingerprint density at radius 2 is 2.23 bits per heavy atom. The van der Waals surface area contributed by atoms with Crippen molar-refractivity contribution in [3.63, 3.8) is 0 Å². The summed E-state index contributed by atoms with van der Waals surface area (Å²) in [6.07, 6.45) is 4.99. The Balaban J connectivity index is 2.30. The number of hydrogen-bond donors (Lipinski definition) is 1. The third-order valence-electron chi connectivity index (χ3n) is 2.35. The lowest BCUT2D eigenvalue weighted by atomic mass is 10.2. The van der Waals surface area contributed by atoms with Gasteiger partial charge in [-0.05, 0) is 26.3 Å². The number of hydrogen-bond acceptors (Lipinski definition) is 2. The van der Waals surface area contributed by atoms with Crippen LogP contribution >= 0.6 is 0 Å². The van der Waals surface area contributed by atoms with Crippen molar-refractivity contribution < 1.29 is 0 Å². The van der Waals surface area contributed by atoms with E-state index in [0.29, 0.717) is 12.1 Å². The average Bonchev–Trinajstić information content (AvgIpc) is 2.66. The van der Waals surface area contributed by atoms with Gasteiger partial charge >= 0.3 is 0 Å². The topological polar surface area (TPSA) is 29.9 Å². The second kappa shape index (κ2) is 5.02. The highest BCUT2D eigenvalue weighted by Gasteiger charge is 2.05. The van der Waals surface area contributed by atoms with Crippen LogP contribution in [0.1, 0.15) is 33.2 Å². The van der Waals surface area contributed by atoms with Crippen molar-refractivity contribution in [1.29, 1.82) is 0 Å². The molecule has 0 bridgehead atoms. The van der Waals surface area contributed by atoms with Gasteiger partial charge in [-0.1, -0.05) is 6.92 Å². The van der Waals surface area contributed by atoms with Crippen LogP contribution in [0, 0.1) is 0 Å². The SMILES string of the molecule is CCC(C)NCC(C)n1cccn1. The first kappa shape index (κ1) is 10.3. The summed E-state index contributed by atoms with van der Waals surface area (Å²) in [5, 5.41) is 7.66. The molecule has 1 heterocycles. The number of aromatic nitrogens is 2. The standard InChI is InChI=1S/C10H19N3/c1-4-9(2)11-8-10(3)13-7-5-6-12-13/h5-7,9-11H,4,8H2,1-3H3. The summed E-state index contributed by atoms with van der Waals surface area (Å²) in [7, 11) is 0. The zero-order chi connectivity index (χ0) is 9.68. The number of rotatable bonds is 5. The first-order valence-electron chi connectivity index (χ1n) is 4.96. The molecule has 2 atom stereocenters. The maximum atomic E-state index is 4.20. The summed E-state index contributed by atoms with van der Waals surface area (Å²) in [6.45, 7) is 7.55. The largest absolute Gasteiger partial charge is 0.312 e. The normalized spacial score (nSPS) is 15.6. The van der Waals surface area contributed by atoms with Gasteiger partial charge < -0.3 is 5.32 Å². The maximum Gasteiger partial charge on any atom is 0.0615 e. The van der Waals surface area contributed by atoms with E-state index in [-0.39, 0.29) is 0 Å². The lowest BCUT2D eigenvalue weighted by molar-refractivity contribution is 0.419. The van der Waals surface area contributed by atoms with Crippen LogP contribution in [0.3, 0.4) is 0 Å². The first-order chi connectivity index (χ1) is 6.24. The summed E-state index contributed by atoms with van der Waals surface area (Å²) in [4.78, 5) is 0. The molecule has 1 rings (SSSR count). The molecule has 1 N–H and O–H groups in total. The molecule has 0 aliphatic rings. The molecule has 2 unspecified atom stereocenters. The van der Waals surface area contributed by atoms with Crippen molar-refractivity contribution in [2.75, 3.05) is 6.54 Å². The van der Waals surface area contributed by atoms with Gasteiger partial charge in [0, 0.05) is 25.0 Å². The van der Waals surface area contributed by atoms with Gasteiger partial charge in [0.15, 0.2) is 0 Å². The van der Waals surface area contributed by atoms with Gasteiger partial charge in [0.1, 0.15) is 0 Å². The summed E-state index contributed by atoms with van der Waals surface area (Å²) in [6, 6.07) is 2.99. The van der Waals surface area contributed by atoms with Gasteiger partial charge in [0.2, 0.25) is 0 Å². The van der Waals surface area contributed by atoms with Crippen molar-refractivity contribution in [1.82, 2.24) is 15.1 Å². The molecule has 74 valence electrons. The van der Waals surface area contributed by atoms with Crippen LogP contribution in [-0.2, 0) is 0 Å². The first-order valence-corrected chi connectivity index (χ1v) is 4.96. The number of nitrogens with zero attached hydrogens (tertiary/aromatic N) is 2. The molecule has 1 aromatic heterocycles. The van der Waals surface area contributed by atoms with E-state index in [1.807, 2.05) is 23.1 Å². The second-order valence-electron chi connectivity index (χ2n) is 3.55. The summed E-state index contributed by atoms with van der Waals surface area (Å²) in [5.74, 6) is 0. The molecule has 3 heteroatoms. The fourth-order valence-electron chi connectivity index (χ4n) is 1.15. The van der Waals surface area contributed by atoms with E-state index in [1.54, 1.807) is 0 Å². The van der Waals surface area contributed by atoms with Gasteiger partial charge in [-0.2, -0.15) is 5.10 Å². The lowest BCUT2D eigenvalue weighted by Gasteiger charge is -2.16. The quantitative estimate of drug-likeness (QED) is 0.751. The maximum absolute atomic E-state index is 4.20. The minimum Gasteiger partial charge on any atom is -0.312 e. The molecular weight excluding hydrogens is 162 g/mol. The van der Waals surface area contributed by atoms with Gasteiger partial charge in [-0.15, -0.1) is 0 Å². The fraction of sp³-hybridized carbons (Fsp3) is 0.700. The summed E-state index contributed by atoms with van der Waals surface area (Å²) >= 11 is 0. The monoisotopic (exact) mass is 181 g/mol. The highest BCUT2D eigenvalue weighted by molar-refractivity contribution is 4.81. The van der Waals surface area contributed by atoms with E-state index in [4.69, 9.17) is 0 Å². The van der Waals surface area contributed by atoms with Crippen LogP contribution in [0.2, 0.25) is 0 Å². The summed E-state index contributed by atoms with van der Waals surface area (Å²) in [5.41, 5.74) is 0. The molecule has 1 aromatic rings. The van der Waals surface area contributed by atoms with Gasteiger partial charge in [-0.25, -0.2) is 0 Å². The zero-order valence-corrected chi connectivity index (χ0v) is 8.70. The Kier molecular flexibility index (Phi) is 3.96. The van der Waals surface area contributed by atoms with E-state index in [1.165, 1.54) is 6.42 Å². The molecule has 0 spiro atoms. The summed E-state index contributed by atoms with van der Waals surface area (Å²) < 4.78 is 1.98. The fourth-order valence-corrected chi connectivity index (χ4v) is 1.15. The third kappa shape index (κ3) is 3.19. The van der Waals surface area contributed by atoms with E-state index in [0.717, 1.165) is 6.54 Å². The average molecular weight is 181 g/mol. The molecule has 3 nitrogen and oxygen atoms in total. The third-order valence-corrected chi connectivity index (χ3v) is 2.35. The smallest absolute Gasteiger partial charge is 0.0615 e. The van der Waals surface area contributed by atoms with Crippen LogP contribution in [0.15, 0.2) is 18.5 Å². The Morgan fingerprint density at radius 1 is 1.46 bits per heavy atom. The van der Waals surface area contributed by atoms with Crippen molar-refractivity contribution >= 4 is 0 Å². The van der Waals surface area contributed by atoms with Crippen LogP contribution in [0.4, 0.5) is 0 Å². The molecular formula is C10H19N3. The van der Waals surface area contributed by atoms with E-state index >= 15 is 0 Å². The van der Waals surface area contributed by atoms with Gasteiger partial charge in [-0.3, -0.25) is 4.68 Å². The van der Waals surface area contributed by atoms with Crippen LogP contribution < -0.4 is 5.32 Å². The highest BCUT2D eigenvalue weighted by atomic mass is 15.3. The van der Waals surface area contributed by atoms with Gasteiger partial charge in [0.25, 0.3) is 0 Å². The minimum atomic E-state index is 0.434.